The van der Waals surface area contributed by atoms with E-state index in [0.29, 0.717) is 18.5 Å². The fourth-order valence-corrected chi connectivity index (χ4v) is 2.12. The molecule has 4 nitrogen and oxygen atoms in total. The van der Waals surface area contributed by atoms with E-state index in [1.807, 2.05) is 11.8 Å². The van der Waals surface area contributed by atoms with Crippen molar-refractivity contribution in [1.29, 1.82) is 0 Å². The van der Waals surface area contributed by atoms with Gasteiger partial charge in [-0.2, -0.15) is 0 Å². The van der Waals surface area contributed by atoms with Crippen molar-refractivity contribution in [3.05, 3.63) is 0 Å². The van der Waals surface area contributed by atoms with Crippen molar-refractivity contribution in [3.8, 4) is 0 Å². The van der Waals surface area contributed by atoms with Gasteiger partial charge >= 0.3 is 0 Å². The molecular formula is C12H25N3O. The van der Waals surface area contributed by atoms with E-state index >= 15 is 0 Å². The number of rotatable bonds is 3. The van der Waals surface area contributed by atoms with Gasteiger partial charge in [0.15, 0.2) is 0 Å². The number of nitrogens with zero attached hydrogens (tertiary/aromatic N) is 2. The van der Waals surface area contributed by atoms with Crippen LogP contribution in [-0.2, 0) is 4.79 Å². The van der Waals surface area contributed by atoms with Crippen LogP contribution in [0.25, 0.3) is 0 Å². The normalized spacial score (nSPS) is 29.2. The number of likely N-dealkylation sites (N-methyl/N-ethyl adjacent to an activating group) is 1. The van der Waals surface area contributed by atoms with Crippen LogP contribution in [0.2, 0.25) is 0 Å². The zero-order chi connectivity index (χ0) is 12.3. The minimum absolute atomic E-state index is 0.117. The first-order valence-corrected chi connectivity index (χ1v) is 6.17. The van der Waals surface area contributed by atoms with Crippen LogP contribution in [0.1, 0.15) is 33.6 Å². The van der Waals surface area contributed by atoms with E-state index in [9.17, 15) is 4.79 Å². The minimum atomic E-state index is 0.117. The maximum atomic E-state index is 12.0. The quantitative estimate of drug-likeness (QED) is 0.771. The number of piperazine rings is 1. The lowest BCUT2D eigenvalue weighted by Gasteiger charge is -2.42. The maximum absolute atomic E-state index is 12.0. The molecule has 1 aliphatic rings. The van der Waals surface area contributed by atoms with E-state index in [0.717, 1.165) is 19.5 Å². The van der Waals surface area contributed by atoms with Crippen molar-refractivity contribution in [2.75, 3.05) is 20.1 Å². The zero-order valence-corrected chi connectivity index (χ0v) is 10.9. The Kier molecular flexibility index (Phi) is 4.74. The summed E-state index contributed by atoms with van der Waals surface area (Å²) in [5, 5.41) is 0. The standard InChI is InChI=1S/C12H25N3O/c1-9(13)5-6-12(16)15-7-10(2)14(4)11(3)8-15/h9-11H,5-8,13H2,1-4H3. The average Bonchev–Trinajstić information content (AvgIpc) is 2.21. The van der Waals surface area contributed by atoms with Crippen molar-refractivity contribution in [2.45, 2.75) is 51.7 Å². The molecule has 0 aliphatic carbocycles. The summed E-state index contributed by atoms with van der Waals surface area (Å²) in [7, 11) is 2.12. The summed E-state index contributed by atoms with van der Waals surface area (Å²) in [4.78, 5) is 16.3. The third kappa shape index (κ3) is 3.46. The number of hydrogen-bond donors (Lipinski definition) is 1. The van der Waals surface area contributed by atoms with Crippen LogP contribution in [0.5, 0.6) is 0 Å². The average molecular weight is 227 g/mol. The fraction of sp³-hybridized carbons (Fsp3) is 0.917. The molecule has 16 heavy (non-hydrogen) atoms. The third-order valence-electron chi connectivity index (χ3n) is 3.53. The van der Waals surface area contributed by atoms with E-state index in [-0.39, 0.29) is 11.9 Å². The molecule has 0 aromatic rings. The largest absolute Gasteiger partial charge is 0.340 e. The molecule has 1 amide bonds. The van der Waals surface area contributed by atoms with Crippen molar-refractivity contribution >= 4 is 5.91 Å². The Hall–Kier alpha value is -0.610. The first-order valence-electron chi connectivity index (χ1n) is 6.17. The van der Waals surface area contributed by atoms with E-state index in [1.165, 1.54) is 0 Å². The van der Waals surface area contributed by atoms with Crippen molar-refractivity contribution in [3.63, 3.8) is 0 Å². The van der Waals surface area contributed by atoms with E-state index in [1.54, 1.807) is 0 Å². The summed E-state index contributed by atoms with van der Waals surface area (Å²) < 4.78 is 0. The summed E-state index contributed by atoms with van der Waals surface area (Å²) in [6, 6.07) is 1.01. The first-order chi connectivity index (χ1) is 7.41. The van der Waals surface area contributed by atoms with Gasteiger partial charge in [0, 0.05) is 37.6 Å². The monoisotopic (exact) mass is 227 g/mol. The second kappa shape index (κ2) is 5.64. The zero-order valence-electron chi connectivity index (χ0n) is 10.9. The van der Waals surface area contributed by atoms with Crippen LogP contribution in [0.3, 0.4) is 0 Å². The number of carbonyl (C=O) groups is 1. The highest BCUT2D eigenvalue weighted by atomic mass is 16.2. The third-order valence-corrected chi connectivity index (χ3v) is 3.53. The number of hydrogen-bond acceptors (Lipinski definition) is 3. The topological polar surface area (TPSA) is 49.6 Å². The lowest BCUT2D eigenvalue weighted by Crippen LogP contribution is -2.56. The molecule has 0 saturated carbocycles. The molecule has 1 aliphatic heterocycles. The van der Waals surface area contributed by atoms with E-state index < -0.39 is 0 Å². The lowest BCUT2D eigenvalue weighted by atomic mass is 10.1. The number of amides is 1. The predicted octanol–water partition coefficient (Wildman–Crippen LogP) is 0.665. The Labute approximate surface area is 98.8 Å². The van der Waals surface area contributed by atoms with E-state index in [4.69, 9.17) is 5.73 Å². The SMILES string of the molecule is CC(N)CCC(=O)N1CC(C)N(C)C(C)C1. The lowest BCUT2D eigenvalue weighted by molar-refractivity contribution is -0.135. The summed E-state index contributed by atoms with van der Waals surface area (Å²) in [6.07, 6.45) is 1.37. The van der Waals surface area contributed by atoms with Crippen LogP contribution < -0.4 is 5.73 Å². The van der Waals surface area contributed by atoms with Crippen LogP contribution in [0.4, 0.5) is 0 Å². The molecule has 1 fully saturated rings. The Morgan fingerprint density at radius 2 is 1.88 bits per heavy atom. The van der Waals surface area contributed by atoms with Crippen LogP contribution >= 0.6 is 0 Å². The number of carbonyl (C=O) groups excluding carboxylic acids is 1. The van der Waals surface area contributed by atoms with Gasteiger partial charge in [-0.25, -0.2) is 0 Å². The highest BCUT2D eigenvalue weighted by molar-refractivity contribution is 5.76. The molecule has 3 unspecified atom stereocenters. The predicted molar refractivity (Wildman–Crippen MR) is 66.2 cm³/mol. The van der Waals surface area contributed by atoms with Gasteiger partial charge in [-0.15, -0.1) is 0 Å². The van der Waals surface area contributed by atoms with Gasteiger partial charge in [-0.3, -0.25) is 9.69 Å². The number of nitrogens with two attached hydrogens (primary N) is 1. The summed E-state index contributed by atoms with van der Waals surface area (Å²) in [5.74, 6) is 0.254. The molecule has 1 heterocycles. The van der Waals surface area contributed by atoms with Gasteiger partial charge in [0.1, 0.15) is 0 Å². The van der Waals surface area contributed by atoms with Gasteiger partial charge in [0.2, 0.25) is 5.91 Å². The molecule has 1 rings (SSSR count). The molecular weight excluding hydrogens is 202 g/mol. The van der Waals surface area contributed by atoms with Crippen molar-refractivity contribution in [2.24, 2.45) is 5.73 Å². The molecule has 0 spiro atoms. The fourth-order valence-electron chi connectivity index (χ4n) is 2.12. The first kappa shape index (κ1) is 13.5. The molecule has 2 N–H and O–H groups in total. The van der Waals surface area contributed by atoms with Crippen LogP contribution in [0.15, 0.2) is 0 Å². The smallest absolute Gasteiger partial charge is 0.222 e. The summed E-state index contributed by atoms with van der Waals surface area (Å²) >= 11 is 0. The molecule has 0 aromatic heterocycles. The van der Waals surface area contributed by atoms with Gasteiger partial charge in [-0.05, 0) is 34.2 Å². The molecule has 0 radical (unpaired) electrons. The van der Waals surface area contributed by atoms with Gasteiger partial charge < -0.3 is 10.6 Å². The van der Waals surface area contributed by atoms with Gasteiger partial charge in [-0.1, -0.05) is 0 Å². The highest BCUT2D eigenvalue weighted by Crippen LogP contribution is 2.14. The van der Waals surface area contributed by atoms with Crippen molar-refractivity contribution in [1.82, 2.24) is 9.80 Å². The molecule has 3 atom stereocenters. The van der Waals surface area contributed by atoms with E-state index in [2.05, 4.69) is 25.8 Å². The van der Waals surface area contributed by atoms with Crippen LogP contribution in [0, 0.1) is 0 Å². The summed E-state index contributed by atoms with van der Waals surface area (Å²) in [5.41, 5.74) is 5.67. The molecule has 0 aromatic carbocycles. The summed E-state index contributed by atoms with van der Waals surface area (Å²) in [6.45, 7) is 7.97. The second-order valence-electron chi connectivity index (χ2n) is 5.18. The molecule has 1 saturated heterocycles. The Balaban J connectivity index is 2.45. The van der Waals surface area contributed by atoms with Crippen molar-refractivity contribution < 1.29 is 4.79 Å². The maximum Gasteiger partial charge on any atom is 0.222 e. The second-order valence-corrected chi connectivity index (χ2v) is 5.18. The molecule has 94 valence electrons. The molecule has 0 bridgehead atoms. The molecule has 4 heteroatoms. The van der Waals surface area contributed by atoms with Crippen LogP contribution in [-0.4, -0.2) is 54.0 Å². The van der Waals surface area contributed by atoms with Gasteiger partial charge in [0.25, 0.3) is 0 Å². The highest BCUT2D eigenvalue weighted by Gasteiger charge is 2.28. The Bertz CT molecular complexity index is 230. The Morgan fingerprint density at radius 3 is 2.31 bits per heavy atom. The van der Waals surface area contributed by atoms with Gasteiger partial charge in [0.05, 0.1) is 0 Å². The minimum Gasteiger partial charge on any atom is -0.340 e. The Morgan fingerprint density at radius 1 is 1.38 bits per heavy atom.